The molecule has 1 fully saturated rings. The Bertz CT molecular complexity index is 660. The molecule has 3 rings (SSSR count). The monoisotopic (exact) mass is 326 g/mol. The second-order valence-corrected chi connectivity index (χ2v) is 5.79. The molecule has 0 spiro atoms. The van der Waals surface area contributed by atoms with Gasteiger partial charge in [0.05, 0.1) is 12.4 Å². The van der Waals surface area contributed by atoms with Gasteiger partial charge in [-0.2, -0.15) is 0 Å². The maximum Gasteiger partial charge on any atom is 0.274 e. The third kappa shape index (κ3) is 3.08. The lowest BCUT2D eigenvalue weighted by Gasteiger charge is -2.43. The van der Waals surface area contributed by atoms with E-state index in [9.17, 15) is 9.59 Å². The first-order valence-corrected chi connectivity index (χ1v) is 7.72. The minimum absolute atomic E-state index is 0.128. The van der Waals surface area contributed by atoms with E-state index in [-0.39, 0.29) is 23.9 Å². The van der Waals surface area contributed by atoms with Crippen LogP contribution in [0.25, 0.3) is 0 Å². The fourth-order valence-electron chi connectivity index (χ4n) is 2.81. The van der Waals surface area contributed by atoms with E-state index in [0.717, 1.165) is 0 Å². The van der Waals surface area contributed by atoms with Crippen LogP contribution < -0.4 is 0 Å². The van der Waals surface area contributed by atoms with Gasteiger partial charge in [0.25, 0.3) is 11.8 Å². The molecule has 2 atom stereocenters. The van der Waals surface area contributed by atoms with Crippen molar-refractivity contribution in [1.82, 2.24) is 29.7 Å². The summed E-state index contributed by atoms with van der Waals surface area (Å²) in [4.78, 5) is 44.7. The summed E-state index contributed by atoms with van der Waals surface area (Å²) in [6.07, 6.45) is 8.96. The molecule has 2 aromatic rings. The molecule has 124 valence electrons. The molecule has 0 aromatic carbocycles. The van der Waals surface area contributed by atoms with Gasteiger partial charge in [-0.3, -0.25) is 19.6 Å². The molecule has 1 aliphatic heterocycles. The molecule has 24 heavy (non-hydrogen) atoms. The minimum Gasteiger partial charge on any atom is -0.331 e. The number of nitrogens with zero attached hydrogens (tertiary/aromatic N) is 6. The Kier molecular flexibility index (Phi) is 4.45. The van der Waals surface area contributed by atoms with Crippen molar-refractivity contribution in [3.63, 3.8) is 0 Å². The fourth-order valence-corrected chi connectivity index (χ4v) is 2.81. The number of amides is 2. The van der Waals surface area contributed by atoms with Crippen molar-refractivity contribution in [3.05, 3.63) is 48.6 Å². The van der Waals surface area contributed by atoms with E-state index in [1.807, 2.05) is 13.8 Å². The van der Waals surface area contributed by atoms with E-state index in [1.54, 1.807) is 9.80 Å². The van der Waals surface area contributed by atoms with Gasteiger partial charge in [0.15, 0.2) is 0 Å². The second kappa shape index (κ2) is 6.69. The molecule has 0 bridgehead atoms. The third-order valence-corrected chi connectivity index (χ3v) is 4.07. The van der Waals surface area contributed by atoms with Crippen molar-refractivity contribution in [2.75, 3.05) is 13.1 Å². The second-order valence-electron chi connectivity index (χ2n) is 5.79. The summed E-state index contributed by atoms with van der Waals surface area (Å²) in [5.41, 5.74) is 0.621. The molecule has 0 N–H and O–H groups in total. The molecule has 2 unspecified atom stereocenters. The Hall–Kier alpha value is -2.90. The van der Waals surface area contributed by atoms with E-state index in [1.165, 1.54) is 37.2 Å². The number of rotatable bonds is 2. The Morgan fingerprint density at radius 2 is 1.25 bits per heavy atom. The van der Waals surface area contributed by atoms with E-state index < -0.39 is 0 Å². The lowest BCUT2D eigenvalue weighted by Crippen LogP contribution is -2.59. The molecule has 0 saturated carbocycles. The van der Waals surface area contributed by atoms with E-state index in [2.05, 4.69) is 19.9 Å². The van der Waals surface area contributed by atoms with Gasteiger partial charge in [0.1, 0.15) is 11.4 Å². The van der Waals surface area contributed by atoms with Crippen LogP contribution in [0, 0.1) is 0 Å². The number of piperazine rings is 1. The van der Waals surface area contributed by atoms with Crippen LogP contribution in [-0.4, -0.2) is 66.7 Å². The van der Waals surface area contributed by atoms with Gasteiger partial charge < -0.3 is 9.80 Å². The smallest absolute Gasteiger partial charge is 0.274 e. The molecule has 2 amide bonds. The normalized spacial score (nSPS) is 20.8. The fraction of sp³-hybridized carbons (Fsp3) is 0.375. The first-order chi connectivity index (χ1) is 11.6. The zero-order valence-electron chi connectivity index (χ0n) is 13.5. The largest absolute Gasteiger partial charge is 0.331 e. The molecule has 2 aromatic heterocycles. The quantitative estimate of drug-likeness (QED) is 0.804. The lowest BCUT2D eigenvalue weighted by atomic mass is 10.1. The Labute approximate surface area is 139 Å². The molecule has 1 saturated heterocycles. The summed E-state index contributed by atoms with van der Waals surface area (Å²) < 4.78 is 0. The van der Waals surface area contributed by atoms with Crippen LogP contribution in [0.5, 0.6) is 0 Å². The average molecular weight is 326 g/mol. The molecule has 8 nitrogen and oxygen atoms in total. The summed E-state index contributed by atoms with van der Waals surface area (Å²) >= 11 is 0. The SMILES string of the molecule is CC1CN(C(=O)c2cnccn2)C(C)CN1C(=O)c1cnccn1. The van der Waals surface area contributed by atoms with Crippen molar-refractivity contribution >= 4 is 11.8 Å². The van der Waals surface area contributed by atoms with Crippen LogP contribution in [0.1, 0.15) is 34.8 Å². The summed E-state index contributed by atoms with van der Waals surface area (Å²) in [5, 5.41) is 0. The predicted molar refractivity (Wildman–Crippen MR) is 85.1 cm³/mol. The Morgan fingerprint density at radius 1 is 0.833 bits per heavy atom. The first-order valence-electron chi connectivity index (χ1n) is 7.72. The number of carbonyl (C=O) groups excluding carboxylic acids is 2. The van der Waals surface area contributed by atoms with Gasteiger partial charge in [-0.1, -0.05) is 0 Å². The summed E-state index contributed by atoms with van der Waals surface area (Å²) in [7, 11) is 0. The van der Waals surface area contributed by atoms with Crippen molar-refractivity contribution in [2.24, 2.45) is 0 Å². The predicted octanol–water partition coefficient (Wildman–Crippen LogP) is 0.642. The zero-order valence-corrected chi connectivity index (χ0v) is 13.5. The van der Waals surface area contributed by atoms with E-state index in [4.69, 9.17) is 0 Å². The molecule has 8 heteroatoms. The highest BCUT2D eigenvalue weighted by molar-refractivity contribution is 5.94. The van der Waals surface area contributed by atoms with Crippen molar-refractivity contribution < 1.29 is 9.59 Å². The molecular formula is C16H18N6O2. The molecule has 0 aliphatic carbocycles. The maximum atomic E-state index is 12.6. The van der Waals surface area contributed by atoms with Gasteiger partial charge in [-0.25, -0.2) is 9.97 Å². The number of aromatic nitrogens is 4. The Morgan fingerprint density at radius 3 is 1.58 bits per heavy atom. The van der Waals surface area contributed by atoms with Crippen LogP contribution >= 0.6 is 0 Å². The number of hydrogen-bond acceptors (Lipinski definition) is 6. The third-order valence-electron chi connectivity index (χ3n) is 4.07. The summed E-state index contributed by atoms with van der Waals surface area (Å²) in [6.45, 7) is 4.69. The van der Waals surface area contributed by atoms with Crippen LogP contribution in [-0.2, 0) is 0 Å². The highest BCUT2D eigenvalue weighted by atomic mass is 16.2. The standard InChI is InChI=1S/C16H18N6O2/c1-11-9-22(16(24)14-8-18-4-6-20-14)12(2)10-21(11)15(23)13-7-17-3-5-19-13/h3-8,11-12H,9-10H2,1-2H3. The van der Waals surface area contributed by atoms with Crippen LogP contribution in [0.4, 0.5) is 0 Å². The van der Waals surface area contributed by atoms with Crippen molar-refractivity contribution in [1.29, 1.82) is 0 Å². The summed E-state index contributed by atoms with van der Waals surface area (Å²) in [5.74, 6) is -0.344. The molecule has 0 radical (unpaired) electrons. The lowest BCUT2D eigenvalue weighted by molar-refractivity contribution is 0.0263. The maximum absolute atomic E-state index is 12.6. The zero-order chi connectivity index (χ0) is 17.1. The molecule has 3 heterocycles. The van der Waals surface area contributed by atoms with Crippen LogP contribution in [0.2, 0.25) is 0 Å². The van der Waals surface area contributed by atoms with Gasteiger partial charge in [-0.15, -0.1) is 0 Å². The van der Waals surface area contributed by atoms with Gasteiger partial charge in [0, 0.05) is 50.0 Å². The highest BCUT2D eigenvalue weighted by Crippen LogP contribution is 2.19. The van der Waals surface area contributed by atoms with Gasteiger partial charge >= 0.3 is 0 Å². The van der Waals surface area contributed by atoms with E-state index >= 15 is 0 Å². The van der Waals surface area contributed by atoms with Crippen molar-refractivity contribution in [2.45, 2.75) is 25.9 Å². The van der Waals surface area contributed by atoms with E-state index in [0.29, 0.717) is 24.5 Å². The topological polar surface area (TPSA) is 92.2 Å². The number of carbonyl (C=O) groups is 2. The first kappa shape index (κ1) is 16.0. The summed E-state index contributed by atoms with van der Waals surface area (Å²) in [6, 6.07) is -0.257. The minimum atomic E-state index is -0.172. The number of hydrogen-bond donors (Lipinski definition) is 0. The van der Waals surface area contributed by atoms with Gasteiger partial charge in [-0.05, 0) is 13.8 Å². The molecular weight excluding hydrogens is 308 g/mol. The molecule has 1 aliphatic rings. The van der Waals surface area contributed by atoms with Crippen molar-refractivity contribution in [3.8, 4) is 0 Å². The van der Waals surface area contributed by atoms with Gasteiger partial charge in [0.2, 0.25) is 0 Å². The Balaban J connectivity index is 1.75. The highest BCUT2D eigenvalue weighted by Gasteiger charge is 2.35. The average Bonchev–Trinajstić information content (AvgIpc) is 2.63. The van der Waals surface area contributed by atoms with Crippen LogP contribution in [0.15, 0.2) is 37.2 Å². The van der Waals surface area contributed by atoms with Crippen LogP contribution in [0.3, 0.4) is 0 Å².